The van der Waals surface area contributed by atoms with Gasteiger partial charge in [0.1, 0.15) is 11.4 Å². The van der Waals surface area contributed by atoms with Gasteiger partial charge in [0.15, 0.2) is 0 Å². The molecule has 1 rings (SSSR count). The Hall–Kier alpha value is -1.67. The molecule has 8 heteroatoms. The molecular weight excluding hydrogens is 337 g/mol. The first kappa shape index (κ1) is 20.4. The third-order valence-electron chi connectivity index (χ3n) is 3.14. The zero-order valence-electron chi connectivity index (χ0n) is 14.3. The summed E-state index contributed by atoms with van der Waals surface area (Å²) in [6.07, 6.45) is -1.11. The Morgan fingerprint density at radius 2 is 1.92 bits per heavy atom. The summed E-state index contributed by atoms with van der Waals surface area (Å²) < 4.78 is 44.8. The van der Waals surface area contributed by atoms with Crippen LogP contribution in [0.5, 0.6) is 0 Å². The number of halogens is 1. The quantitative estimate of drug-likeness (QED) is 0.842. The van der Waals surface area contributed by atoms with Gasteiger partial charge >= 0.3 is 6.09 Å². The van der Waals surface area contributed by atoms with Crippen molar-refractivity contribution < 1.29 is 27.4 Å². The van der Waals surface area contributed by atoms with E-state index in [0.29, 0.717) is 4.31 Å². The summed E-state index contributed by atoms with van der Waals surface area (Å²) in [7, 11) is -4.09. The predicted octanol–water partition coefficient (Wildman–Crippen LogP) is 2.84. The average molecular weight is 361 g/mol. The van der Waals surface area contributed by atoms with Gasteiger partial charge in [-0.15, -0.1) is 0 Å². The van der Waals surface area contributed by atoms with Gasteiger partial charge in [-0.3, -0.25) is 0 Å². The third kappa shape index (κ3) is 5.45. The van der Waals surface area contributed by atoms with E-state index in [1.54, 1.807) is 26.8 Å². The normalized spacial score (nSPS) is 13.4. The molecule has 6 nitrogen and oxygen atoms in total. The van der Waals surface area contributed by atoms with Gasteiger partial charge in [-0.25, -0.2) is 17.6 Å². The lowest BCUT2D eigenvalue weighted by Gasteiger charge is -2.31. The molecule has 0 unspecified atom stereocenters. The van der Waals surface area contributed by atoms with E-state index in [9.17, 15) is 17.6 Å². The van der Waals surface area contributed by atoms with Crippen molar-refractivity contribution in [2.45, 2.75) is 45.8 Å². The van der Waals surface area contributed by atoms with Crippen LogP contribution in [-0.2, 0) is 14.8 Å². The summed E-state index contributed by atoms with van der Waals surface area (Å²) in [6, 6.07) is 4.56. The molecule has 1 atom stereocenters. The first-order valence-corrected chi connectivity index (χ1v) is 9.21. The van der Waals surface area contributed by atoms with Crippen molar-refractivity contribution in [2.24, 2.45) is 0 Å². The second-order valence-corrected chi connectivity index (χ2v) is 8.33. The maximum atomic E-state index is 14.0. The van der Waals surface area contributed by atoms with Crippen LogP contribution in [0.3, 0.4) is 0 Å². The second-order valence-electron chi connectivity index (χ2n) is 6.37. The summed E-state index contributed by atoms with van der Waals surface area (Å²) >= 11 is 0. The molecule has 0 aliphatic carbocycles. The minimum Gasteiger partial charge on any atom is -0.443 e. The fraction of sp³-hybridized carbons (Fsp3) is 0.562. The molecule has 1 aromatic rings. The lowest BCUT2D eigenvalue weighted by Crippen LogP contribution is -2.43. The Morgan fingerprint density at radius 1 is 1.33 bits per heavy atom. The van der Waals surface area contributed by atoms with Crippen LogP contribution >= 0.6 is 0 Å². The maximum Gasteiger partial charge on any atom is 0.424 e. The fourth-order valence-corrected chi connectivity index (χ4v) is 3.66. The molecule has 136 valence electrons. The number of aliphatic hydroxyl groups is 1. The molecule has 0 fully saturated rings. The van der Waals surface area contributed by atoms with Crippen LogP contribution in [-0.4, -0.2) is 41.9 Å². The maximum absolute atomic E-state index is 14.0. The number of hydrogen-bond acceptors (Lipinski definition) is 5. The molecule has 0 saturated carbocycles. The van der Waals surface area contributed by atoms with E-state index >= 15 is 0 Å². The standard InChI is InChI=1S/C16H24FNO5S/c1-12(13-8-5-6-9-14(13)17)18(15(20)23-16(2,3)4)24(21,22)11-7-10-19/h5-6,8-9,12,19H,7,10-11H2,1-4H3/t12-/m1/s1. The van der Waals surface area contributed by atoms with E-state index in [0.717, 1.165) is 0 Å². The molecular formula is C16H24FNO5S. The molecule has 0 aromatic heterocycles. The lowest BCUT2D eigenvalue weighted by molar-refractivity contribution is 0.0344. The van der Waals surface area contributed by atoms with E-state index in [1.807, 2.05) is 0 Å². The fourth-order valence-electron chi connectivity index (χ4n) is 2.11. The van der Waals surface area contributed by atoms with Crippen LogP contribution in [0.4, 0.5) is 9.18 Å². The van der Waals surface area contributed by atoms with Gasteiger partial charge in [0.05, 0.1) is 11.8 Å². The topological polar surface area (TPSA) is 83.9 Å². The van der Waals surface area contributed by atoms with Gasteiger partial charge in [-0.1, -0.05) is 18.2 Å². The highest BCUT2D eigenvalue weighted by Gasteiger charge is 2.36. The van der Waals surface area contributed by atoms with E-state index in [-0.39, 0.29) is 18.6 Å². The summed E-state index contributed by atoms with van der Waals surface area (Å²) in [5.41, 5.74) is -0.840. The molecule has 1 amide bonds. The second kappa shape index (κ2) is 7.94. The number of carbonyl (C=O) groups is 1. The number of hydrogen-bond donors (Lipinski definition) is 1. The Kier molecular flexibility index (Phi) is 6.74. The Morgan fingerprint density at radius 3 is 2.42 bits per heavy atom. The van der Waals surface area contributed by atoms with Crippen LogP contribution in [0.15, 0.2) is 24.3 Å². The van der Waals surface area contributed by atoms with E-state index in [1.165, 1.54) is 25.1 Å². The van der Waals surface area contributed by atoms with Crippen LogP contribution in [0, 0.1) is 5.82 Å². The predicted molar refractivity (Wildman–Crippen MR) is 88.4 cm³/mol. The zero-order valence-corrected chi connectivity index (χ0v) is 15.1. The smallest absolute Gasteiger partial charge is 0.424 e. The minimum absolute atomic E-state index is 0.0361. The van der Waals surface area contributed by atoms with Gasteiger partial charge in [-0.2, -0.15) is 4.31 Å². The molecule has 0 aliphatic rings. The Labute approximate surface area is 142 Å². The molecule has 0 bridgehead atoms. The number of amides is 1. The highest BCUT2D eigenvalue weighted by atomic mass is 32.2. The highest BCUT2D eigenvalue weighted by Crippen LogP contribution is 2.28. The summed E-state index contributed by atoms with van der Waals surface area (Å²) in [6.45, 7) is 5.90. The number of rotatable bonds is 6. The van der Waals surface area contributed by atoms with Crippen LogP contribution in [0.25, 0.3) is 0 Å². The van der Waals surface area contributed by atoms with Crippen molar-refractivity contribution in [3.63, 3.8) is 0 Å². The van der Waals surface area contributed by atoms with Crippen LogP contribution < -0.4 is 0 Å². The zero-order chi connectivity index (χ0) is 18.5. The van der Waals surface area contributed by atoms with E-state index in [2.05, 4.69) is 0 Å². The van der Waals surface area contributed by atoms with Crippen molar-refractivity contribution in [1.82, 2.24) is 4.31 Å². The van der Waals surface area contributed by atoms with E-state index in [4.69, 9.17) is 9.84 Å². The van der Waals surface area contributed by atoms with Crippen molar-refractivity contribution in [2.75, 3.05) is 12.4 Å². The molecule has 0 heterocycles. The molecule has 1 N–H and O–H groups in total. The molecule has 1 aromatic carbocycles. The Balaban J connectivity index is 3.27. The molecule has 0 saturated heterocycles. The van der Waals surface area contributed by atoms with Gasteiger partial charge < -0.3 is 9.84 Å². The SMILES string of the molecule is C[C@H](c1ccccc1F)N(C(=O)OC(C)(C)C)S(=O)(=O)CCCO. The number of benzene rings is 1. The Bertz CT molecular complexity index is 669. The van der Waals surface area contributed by atoms with Crippen molar-refractivity contribution in [1.29, 1.82) is 0 Å². The first-order valence-electron chi connectivity index (χ1n) is 7.60. The van der Waals surface area contributed by atoms with Crippen LogP contribution in [0.2, 0.25) is 0 Å². The third-order valence-corrected chi connectivity index (χ3v) is 5.01. The number of carbonyl (C=O) groups excluding carboxylic acids is 1. The molecule has 0 aliphatic heterocycles. The monoisotopic (exact) mass is 361 g/mol. The lowest BCUT2D eigenvalue weighted by atomic mass is 10.1. The summed E-state index contributed by atoms with van der Waals surface area (Å²) in [5.74, 6) is -1.06. The van der Waals surface area contributed by atoms with Crippen LogP contribution in [0.1, 0.15) is 45.7 Å². The van der Waals surface area contributed by atoms with Gasteiger partial charge in [0.25, 0.3) is 0 Å². The largest absolute Gasteiger partial charge is 0.443 e. The molecule has 0 radical (unpaired) electrons. The van der Waals surface area contributed by atoms with Gasteiger partial charge in [0.2, 0.25) is 10.0 Å². The minimum atomic E-state index is -4.09. The van der Waals surface area contributed by atoms with Crippen molar-refractivity contribution in [3.05, 3.63) is 35.6 Å². The number of aliphatic hydroxyl groups excluding tert-OH is 1. The molecule has 24 heavy (non-hydrogen) atoms. The average Bonchev–Trinajstić information content (AvgIpc) is 2.43. The highest BCUT2D eigenvalue weighted by molar-refractivity contribution is 7.89. The van der Waals surface area contributed by atoms with E-state index < -0.39 is 39.3 Å². The summed E-state index contributed by atoms with van der Waals surface area (Å²) in [4.78, 5) is 12.4. The molecule has 0 spiro atoms. The number of ether oxygens (including phenoxy) is 1. The van der Waals surface area contributed by atoms with Gasteiger partial charge in [0, 0.05) is 12.2 Å². The number of nitrogens with zero attached hydrogens (tertiary/aromatic N) is 1. The first-order chi connectivity index (χ1) is 11.0. The van der Waals surface area contributed by atoms with Gasteiger partial charge in [-0.05, 0) is 40.2 Å². The van der Waals surface area contributed by atoms with Crippen molar-refractivity contribution >= 4 is 16.1 Å². The van der Waals surface area contributed by atoms with Crippen molar-refractivity contribution in [3.8, 4) is 0 Å². The number of sulfonamides is 1. The summed E-state index contributed by atoms with van der Waals surface area (Å²) in [5, 5.41) is 8.88.